The van der Waals surface area contributed by atoms with Gasteiger partial charge < -0.3 is 21.7 Å². The lowest BCUT2D eigenvalue weighted by atomic mass is 10.1. The van der Waals surface area contributed by atoms with Crippen molar-refractivity contribution in [2.45, 2.75) is 6.92 Å². The van der Waals surface area contributed by atoms with Gasteiger partial charge in [-0.05, 0) is 19.1 Å². The van der Waals surface area contributed by atoms with Gasteiger partial charge in [-0.25, -0.2) is 0 Å². The van der Waals surface area contributed by atoms with Crippen LogP contribution in [0.1, 0.15) is 17.3 Å². The Labute approximate surface area is 116 Å². The Morgan fingerprint density at radius 3 is 2.53 bits per heavy atom. The monoisotopic (exact) mass is 284 g/mol. The molecule has 104 valence electrons. The molecule has 1 aromatic carbocycles. The second-order valence-electron chi connectivity index (χ2n) is 3.95. The van der Waals surface area contributed by atoms with Crippen molar-refractivity contribution in [1.29, 1.82) is 0 Å². The highest BCUT2D eigenvalue weighted by molar-refractivity contribution is 6.34. The number of carbonyl (C=O) groups excluding carboxylic acids is 2. The predicted molar refractivity (Wildman–Crippen MR) is 76.3 cm³/mol. The molecule has 0 unspecified atom stereocenters. The number of anilines is 2. The Kier molecular flexibility index (Phi) is 5.00. The van der Waals surface area contributed by atoms with E-state index in [1.807, 2.05) is 6.92 Å². The van der Waals surface area contributed by atoms with E-state index in [0.29, 0.717) is 22.9 Å². The number of halogens is 1. The normalized spacial score (nSPS) is 10.1. The fourth-order valence-electron chi connectivity index (χ4n) is 1.73. The van der Waals surface area contributed by atoms with Crippen LogP contribution in [0.5, 0.6) is 0 Å². The van der Waals surface area contributed by atoms with E-state index < -0.39 is 5.91 Å². The molecular formula is C12H17ClN4O2. The zero-order valence-electron chi connectivity index (χ0n) is 10.9. The fourth-order valence-corrected chi connectivity index (χ4v) is 2.08. The average Bonchev–Trinajstić information content (AvgIpc) is 2.35. The van der Waals surface area contributed by atoms with E-state index in [4.69, 9.17) is 23.1 Å². The van der Waals surface area contributed by atoms with Crippen LogP contribution in [0.3, 0.4) is 0 Å². The lowest BCUT2D eigenvalue weighted by Gasteiger charge is -2.25. The average molecular weight is 285 g/mol. The van der Waals surface area contributed by atoms with Gasteiger partial charge in [-0.1, -0.05) is 11.6 Å². The summed E-state index contributed by atoms with van der Waals surface area (Å²) >= 11 is 6.12. The molecule has 0 saturated carbocycles. The first-order valence-electron chi connectivity index (χ1n) is 5.75. The number of hydrogen-bond acceptors (Lipinski definition) is 4. The highest BCUT2D eigenvalue weighted by atomic mass is 35.5. The molecule has 2 amide bonds. The number of hydrogen-bond donors (Lipinski definition) is 3. The number of nitrogens with zero attached hydrogens (tertiary/aromatic N) is 1. The molecule has 0 aromatic heterocycles. The summed E-state index contributed by atoms with van der Waals surface area (Å²) < 4.78 is 0. The van der Waals surface area contributed by atoms with Crippen molar-refractivity contribution in [3.05, 3.63) is 22.7 Å². The third-order valence-electron chi connectivity index (χ3n) is 2.66. The summed E-state index contributed by atoms with van der Waals surface area (Å²) in [7, 11) is 1.54. The maximum atomic E-state index is 11.5. The van der Waals surface area contributed by atoms with Gasteiger partial charge in [-0.15, -0.1) is 0 Å². The third kappa shape index (κ3) is 3.51. The smallest absolute Gasteiger partial charge is 0.250 e. The van der Waals surface area contributed by atoms with E-state index in [2.05, 4.69) is 5.32 Å². The third-order valence-corrected chi connectivity index (χ3v) is 2.95. The number of nitrogen functional groups attached to an aromatic ring is 1. The van der Waals surface area contributed by atoms with Crippen LogP contribution in [-0.2, 0) is 4.79 Å². The molecule has 0 saturated heterocycles. The van der Waals surface area contributed by atoms with Crippen molar-refractivity contribution >= 4 is 34.8 Å². The number of benzene rings is 1. The molecule has 1 aromatic rings. The Morgan fingerprint density at radius 1 is 1.42 bits per heavy atom. The Morgan fingerprint density at radius 2 is 2.05 bits per heavy atom. The predicted octanol–water partition coefficient (Wildman–Crippen LogP) is 0.593. The largest absolute Gasteiger partial charge is 0.399 e. The maximum absolute atomic E-state index is 11.5. The number of likely N-dealkylation sites (N-methyl/N-ethyl adjacent to an activating group) is 2. The van der Waals surface area contributed by atoms with E-state index in [-0.39, 0.29) is 18.0 Å². The van der Waals surface area contributed by atoms with Gasteiger partial charge >= 0.3 is 0 Å². The summed E-state index contributed by atoms with van der Waals surface area (Å²) in [6.07, 6.45) is 0. The van der Waals surface area contributed by atoms with Crippen LogP contribution in [0.25, 0.3) is 0 Å². The van der Waals surface area contributed by atoms with Crippen LogP contribution in [0.4, 0.5) is 11.4 Å². The molecule has 0 aliphatic heterocycles. The highest BCUT2D eigenvalue weighted by Crippen LogP contribution is 2.32. The molecule has 6 nitrogen and oxygen atoms in total. The molecule has 5 N–H and O–H groups in total. The molecule has 0 aliphatic rings. The van der Waals surface area contributed by atoms with Gasteiger partial charge in [0.05, 0.1) is 22.8 Å². The van der Waals surface area contributed by atoms with Crippen molar-refractivity contribution in [3.8, 4) is 0 Å². The standard InChI is InChI=1S/C12H17ClN4O2/c1-3-17(6-10(18)16-2)11-8(12(15)19)4-7(14)5-9(11)13/h4-5H,3,6,14H2,1-2H3,(H2,15,19)(H,16,18). The summed E-state index contributed by atoms with van der Waals surface area (Å²) in [5.74, 6) is -0.829. The Bertz CT molecular complexity index is 505. The first-order valence-corrected chi connectivity index (χ1v) is 6.12. The van der Waals surface area contributed by atoms with Crippen LogP contribution in [0, 0.1) is 0 Å². The summed E-state index contributed by atoms with van der Waals surface area (Å²) in [5.41, 5.74) is 11.9. The summed E-state index contributed by atoms with van der Waals surface area (Å²) in [6, 6.07) is 2.98. The number of rotatable bonds is 5. The molecule has 0 aliphatic carbocycles. The van der Waals surface area contributed by atoms with Crippen LogP contribution >= 0.6 is 11.6 Å². The topological polar surface area (TPSA) is 101 Å². The quantitative estimate of drug-likeness (QED) is 0.689. The minimum atomic E-state index is -0.639. The van der Waals surface area contributed by atoms with Gasteiger partial charge in [0.25, 0.3) is 5.91 Å². The SMILES string of the molecule is CCN(CC(=O)NC)c1c(Cl)cc(N)cc1C(N)=O. The van der Waals surface area contributed by atoms with Gasteiger partial charge in [-0.2, -0.15) is 0 Å². The minimum absolute atomic E-state index is 0.0803. The van der Waals surface area contributed by atoms with Gasteiger partial charge in [0, 0.05) is 19.3 Å². The lowest BCUT2D eigenvalue weighted by Crippen LogP contribution is -2.36. The Hall–Kier alpha value is -1.95. The van der Waals surface area contributed by atoms with Gasteiger partial charge in [0.1, 0.15) is 0 Å². The molecule has 19 heavy (non-hydrogen) atoms. The van der Waals surface area contributed by atoms with Crippen molar-refractivity contribution in [2.75, 3.05) is 30.8 Å². The van der Waals surface area contributed by atoms with Crippen LogP contribution in [0.2, 0.25) is 5.02 Å². The van der Waals surface area contributed by atoms with Crippen molar-refractivity contribution < 1.29 is 9.59 Å². The molecular weight excluding hydrogens is 268 g/mol. The summed E-state index contributed by atoms with van der Waals surface area (Å²) in [6.45, 7) is 2.43. The highest BCUT2D eigenvalue weighted by Gasteiger charge is 2.20. The van der Waals surface area contributed by atoms with E-state index in [1.165, 1.54) is 19.2 Å². The van der Waals surface area contributed by atoms with E-state index in [0.717, 1.165) is 0 Å². The molecule has 0 spiro atoms. The number of nitrogens with one attached hydrogen (secondary N) is 1. The van der Waals surface area contributed by atoms with Gasteiger partial charge in [0.2, 0.25) is 5.91 Å². The first-order chi connectivity index (χ1) is 8.90. The second-order valence-corrected chi connectivity index (χ2v) is 4.36. The zero-order chi connectivity index (χ0) is 14.6. The molecule has 0 fully saturated rings. The van der Waals surface area contributed by atoms with Crippen molar-refractivity contribution in [3.63, 3.8) is 0 Å². The van der Waals surface area contributed by atoms with Gasteiger partial charge in [0.15, 0.2) is 0 Å². The van der Waals surface area contributed by atoms with Crippen LogP contribution in [-0.4, -0.2) is 32.0 Å². The molecule has 0 atom stereocenters. The van der Waals surface area contributed by atoms with E-state index >= 15 is 0 Å². The van der Waals surface area contributed by atoms with E-state index in [9.17, 15) is 9.59 Å². The Balaban J connectivity index is 3.29. The van der Waals surface area contributed by atoms with Crippen LogP contribution in [0.15, 0.2) is 12.1 Å². The van der Waals surface area contributed by atoms with Crippen LogP contribution < -0.4 is 21.7 Å². The lowest BCUT2D eigenvalue weighted by molar-refractivity contribution is -0.119. The fraction of sp³-hybridized carbons (Fsp3) is 0.333. The molecule has 0 heterocycles. The van der Waals surface area contributed by atoms with E-state index in [1.54, 1.807) is 4.90 Å². The summed E-state index contributed by atoms with van der Waals surface area (Å²) in [5, 5.41) is 2.81. The molecule has 0 radical (unpaired) electrons. The number of nitrogens with two attached hydrogens (primary N) is 2. The minimum Gasteiger partial charge on any atom is -0.399 e. The van der Waals surface area contributed by atoms with Crippen molar-refractivity contribution in [2.24, 2.45) is 5.73 Å². The molecule has 7 heteroatoms. The maximum Gasteiger partial charge on any atom is 0.250 e. The van der Waals surface area contributed by atoms with Gasteiger partial charge in [-0.3, -0.25) is 9.59 Å². The number of primary amides is 1. The number of carbonyl (C=O) groups is 2. The molecule has 0 bridgehead atoms. The second kappa shape index (κ2) is 6.29. The number of amides is 2. The van der Waals surface area contributed by atoms with Crippen molar-refractivity contribution in [1.82, 2.24) is 5.32 Å². The first kappa shape index (κ1) is 15.1. The zero-order valence-corrected chi connectivity index (χ0v) is 11.6. The summed E-state index contributed by atoms with van der Waals surface area (Å²) in [4.78, 5) is 24.6. The molecule has 1 rings (SSSR count).